The summed E-state index contributed by atoms with van der Waals surface area (Å²) >= 11 is 1.27. The van der Waals surface area contributed by atoms with Gasteiger partial charge in [-0.2, -0.15) is 21.6 Å². The molecule has 0 bridgehead atoms. The molecule has 120 valence electrons. The number of alkyl halides is 3. The number of halogens is 3. The van der Waals surface area contributed by atoms with Crippen molar-refractivity contribution in [2.24, 2.45) is 4.99 Å². The Balaban J connectivity index is 2.16. The van der Waals surface area contributed by atoms with Crippen LogP contribution < -0.4 is 0 Å². The van der Waals surface area contributed by atoms with Gasteiger partial charge < -0.3 is 4.18 Å². The van der Waals surface area contributed by atoms with Gasteiger partial charge in [-0.15, -0.1) is 0 Å². The molecule has 3 rings (SSSR count). The third-order valence-corrected chi connectivity index (χ3v) is 4.98. The molecule has 2 aromatic rings. The second kappa shape index (κ2) is 5.57. The summed E-state index contributed by atoms with van der Waals surface area (Å²) in [6.07, 6.45) is 0. The van der Waals surface area contributed by atoms with Crippen molar-refractivity contribution < 1.29 is 25.8 Å². The van der Waals surface area contributed by atoms with Gasteiger partial charge in [-0.05, 0) is 24.3 Å². The van der Waals surface area contributed by atoms with Crippen molar-refractivity contribution in [2.75, 3.05) is 0 Å². The van der Waals surface area contributed by atoms with E-state index in [0.717, 1.165) is 0 Å². The zero-order chi connectivity index (χ0) is 16.7. The molecule has 0 spiro atoms. The average molecular weight is 359 g/mol. The van der Waals surface area contributed by atoms with Crippen LogP contribution in [0.1, 0.15) is 5.56 Å². The first-order chi connectivity index (χ1) is 10.8. The fourth-order valence-corrected chi connectivity index (χ4v) is 3.31. The number of hydrogen-bond acceptors (Lipinski definition) is 5. The largest absolute Gasteiger partial charge is 0.534 e. The predicted molar refractivity (Wildman–Crippen MR) is 79.3 cm³/mol. The minimum atomic E-state index is -5.80. The predicted octanol–water partition coefficient (Wildman–Crippen LogP) is 4.10. The summed E-state index contributed by atoms with van der Waals surface area (Å²) in [6, 6.07) is 13.1. The molecule has 1 heterocycles. The van der Waals surface area contributed by atoms with E-state index < -0.39 is 21.5 Å². The molecule has 9 heteroatoms. The lowest BCUT2D eigenvalue weighted by atomic mass is 10.2. The number of rotatable bonds is 1. The van der Waals surface area contributed by atoms with E-state index in [1.54, 1.807) is 42.5 Å². The van der Waals surface area contributed by atoms with E-state index in [1.807, 2.05) is 0 Å². The average Bonchev–Trinajstić information content (AvgIpc) is 2.62. The highest BCUT2D eigenvalue weighted by atomic mass is 32.2. The number of para-hydroxylation sites is 1. The first-order valence-electron chi connectivity index (χ1n) is 6.24. The van der Waals surface area contributed by atoms with Crippen LogP contribution in [-0.4, -0.2) is 19.8 Å². The van der Waals surface area contributed by atoms with Crippen molar-refractivity contribution in [3.05, 3.63) is 54.1 Å². The van der Waals surface area contributed by atoms with Crippen molar-refractivity contribution in [2.45, 2.75) is 15.3 Å². The highest BCUT2D eigenvalue weighted by molar-refractivity contribution is 7.99. The maximum Gasteiger partial charge on any atom is 0.534 e. The second-order valence-corrected chi connectivity index (χ2v) is 7.09. The quantitative estimate of drug-likeness (QED) is 0.568. The third kappa shape index (κ3) is 3.06. The molecule has 0 aliphatic carbocycles. The van der Waals surface area contributed by atoms with Crippen LogP contribution in [0.5, 0.6) is 0 Å². The molecule has 0 saturated heterocycles. The molecule has 1 aliphatic heterocycles. The number of benzene rings is 2. The molecule has 0 atom stereocenters. The molecular formula is C14H8F3NO3S2. The number of aliphatic imine (C=N–C) groups is 1. The Morgan fingerprint density at radius 2 is 1.57 bits per heavy atom. The van der Waals surface area contributed by atoms with Gasteiger partial charge >= 0.3 is 15.6 Å². The molecule has 23 heavy (non-hydrogen) atoms. The number of hydrogen-bond donors (Lipinski definition) is 0. The Kier molecular flexibility index (Phi) is 3.85. The van der Waals surface area contributed by atoms with Crippen LogP contribution in [-0.2, 0) is 14.3 Å². The molecule has 1 aliphatic rings. The van der Waals surface area contributed by atoms with Crippen molar-refractivity contribution in [3.63, 3.8) is 0 Å². The standard InChI is InChI=1S/C14H8F3NO3S2/c15-14(16,17)23(19,20)21-13-9-5-1-3-7-11(9)22-12-8-4-2-6-10(12)18-13/h1-8H. The highest BCUT2D eigenvalue weighted by Gasteiger charge is 2.49. The zero-order valence-electron chi connectivity index (χ0n) is 11.2. The van der Waals surface area contributed by atoms with Crippen molar-refractivity contribution in [3.8, 4) is 0 Å². The van der Waals surface area contributed by atoms with Gasteiger partial charge in [-0.1, -0.05) is 36.0 Å². The number of fused-ring (bicyclic) bond motifs is 2. The molecule has 0 aromatic heterocycles. The summed E-state index contributed by atoms with van der Waals surface area (Å²) in [5, 5.41) is 0. The van der Waals surface area contributed by atoms with Crippen molar-refractivity contribution in [1.29, 1.82) is 0 Å². The highest BCUT2D eigenvalue weighted by Crippen LogP contribution is 2.40. The summed E-state index contributed by atoms with van der Waals surface area (Å²) in [7, 11) is -5.80. The summed E-state index contributed by atoms with van der Waals surface area (Å²) in [4.78, 5) is 5.21. The lowest BCUT2D eigenvalue weighted by Crippen LogP contribution is -2.28. The topological polar surface area (TPSA) is 55.7 Å². The van der Waals surface area contributed by atoms with Gasteiger partial charge in [0.25, 0.3) is 0 Å². The van der Waals surface area contributed by atoms with E-state index >= 15 is 0 Å². The van der Waals surface area contributed by atoms with Crippen molar-refractivity contribution in [1.82, 2.24) is 0 Å². The summed E-state index contributed by atoms with van der Waals surface area (Å²) < 4.78 is 64.7. The van der Waals surface area contributed by atoms with Gasteiger partial charge in [0.2, 0.25) is 5.90 Å². The Morgan fingerprint density at radius 3 is 2.26 bits per heavy atom. The maximum absolute atomic E-state index is 12.6. The molecule has 0 N–H and O–H groups in total. The van der Waals surface area contributed by atoms with E-state index in [9.17, 15) is 21.6 Å². The van der Waals surface area contributed by atoms with E-state index in [2.05, 4.69) is 9.18 Å². The van der Waals surface area contributed by atoms with Gasteiger partial charge in [0.1, 0.15) is 0 Å². The van der Waals surface area contributed by atoms with Gasteiger partial charge in [0.05, 0.1) is 11.3 Å². The first-order valence-corrected chi connectivity index (χ1v) is 8.46. The first kappa shape index (κ1) is 15.9. The number of nitrogens with zero attached hydrogens (tertiary/aromatic N) is 1. The Morgan fingerprint density at radius 1 is 0.957 bits per heavy atom. The van der Waals surface area contributed by atoms with Crippen LogP contribution in [0.3, 0.4) is 0 Å². The zero-order valence-corrected chi connectivity index (χ0v) is 12.9. The molecular weight excluding hydrogens is 351 g/mol. The van der Waals surface area contributed by atoms with Gasteiger partial charge in [-0.25, -0.2) is 4.99 Å². The smallest absolute Gasteiger partial charge is 0.355 e. The molecule has 0 amide bonds. The lowest BCUT2D eigenvalue weighted by Gasteiger charge is -2.12. The lowest BCUT2D eigenvalue weighted by molar-refractivity contribution is -0.0504. The molecule has 0 radical (unpaired) electrons. The minimum absolute atomic E-state index is 0.182. The summed E-state index contributed by atoms with van der Waals surface area (Å²) in [5.41, 5.74) is -5.01. The van der Waals surface area contributed by atoms with Crippen LogP contribution in [0.4, 0.5) is 18.9 Å². The Labute approximate surface area is 134 Å². The van der Waals surface area contributed by atoms with Crippen LogP contribution >= 0.6 is 11.8 Å². The SMILES string of the molecule is O=S(=O)(OC1=Nc2ccccc2Sc2ccccc21)C(F)(F)F. The Hall–Kier alpha value is -2.00. The normalized spacial score (nSPS) is 14.3. The van der Waals surface area contributed by atoms with E-state index in [1.165, 1.54) is 17.8 Å². The van der Waals surface area contributed by atoms with Gasteiger partial charge in [0.15, 0.2) is 0 Å². The van der Waals surface area contributed by atoms with E-state index in [-0.39, 0.29) is 5.56 Å². The third-order valence-electron chi connectivity index (χ3n) is 2.90. The van der Waals surface area contributed by atoms with E-state index in [4.69, 9.17) is 0 Å². The molecule has 0 fully saturated rings. The van der Waals surface area contributed by atoms with Gasteiger partial charge in [0, 0.05) is 9.79 Å². The minimum Gasteiger partial charge on any atom is -0.355 e. The van der Waals surface area contributed by atoms with Crippen LogP contribution in [0.15, 0.2) is 63.3 Å². The summed E-state index contributed by atoms with van der Waals surface area (Å²) in [6.45, 7) is 0. The summed E-state index contributed by atoms with van der Waals surface area (Å²) in [5.74, 6) is -0.602. The van der Waals surface area contributed by atoms with Crippen LogP contribution in [0, 0.1) is 0 Å². The van der Waals surface area contributed by atoms with Crippen molar-refractivity contribution >= 4 is 33.5 Å². The Bertz CT molecular complexity index is 892. The fourth-order valence-electron chi connectivity index (χ4n) is 1.87. The van der Waals surface area contributed by atoms with Crippen LogP contribution in [0.2, 0.25) is 0 Å². The molecule has 2 aromatic carbocycles. The monoisotopic (exact) mass is 359 g/mol. The van der Waals surface area contributed by atoms with E-state index in [0.29, 0.717) is 15.5 Å². The maximum atomic E-state index is 12.6. The van der Waals surface area contributed by atoms with Crippen LogP contribution in [0.25, 0.3) is 0 Å². The molecule has 0 unspecified atom stereocenters. The molecule has 4 nitrogen and oxygen atoms in total. The van der Waals surface area contributed by atoms with Gasteiger partial charge in [-0.3, -0.25) is 0 Å². The second-order valence-electron chi connectivity index (χ2n) is 4.47. The fraction of sp³-hybridized carbons (Fsp3) is 0.0714. The molecule has 0 saturated carbocycles.